The zero-order valence-corrected chi connectivity index (χ0v) is 19.1. The molecule has 1 N–H and O–H groups in total. The number of H-pyrrole nitrogens is 1. The Bertz CT molecular complexity index is 1090. The SMILES string of the molecule is COc1c(-c2nc(C3CCC(F)(F)CC3)[nH]c2Cl)ccc(OCc2ccc(C)nc2)c1C. The maximum atomic E-state index is 13.5. The number of aryl methyl sites for hydroxylation is 1. The first-order chi connectivity index (χ1) is 15.3. The Morgan fingerprint density at radius 3 is 2.56 bits per heavy atom. The maximum absolute atomic E-state index is 13.5. The van der Waals surface area contributed by atoms with Crippen molar-refractivity contribution < 1.29 is 18.3 Å². The molecule has 4 rings (SSSR count). The number of benzene rings is 1. The molecule has 1 saturated carbocycles. The van der Waals surface area contributed by atoms with Crippen LogP contribution in [0.25, 0.3) is 11.3 Å². The van der Waals surface area contributed by atoms with Crippen LogP contribution in [0.4, 0.5) is 8.78 Å². The van der Waals surface area contributed by atoms with Gasteiger partial charge in [0.1, 0.15) is 34.8 Å². The highest BCUT2D eigenvalue weighted by molar-refractivity contribution is 6.32. The van der Waals surface area contributed by atoms with E-state index in [1.807, 2.05) is 38.1 Å². The Balaban J connectivity index is 1.57. The number of alkyl halides is 2. The first-order valence-electron chi connectivity index (χ1n) is 10.6. The molecule has 0 amide bonds. The van der Waals surface area contributed by atoms with Gasteiger partial charge in [0.15, 0.2) is 0 Å². The predicted octanol–water partition coefficient (Wildman–Crippen LogP) is 6.62. The van der Waals surface area contributed by atoms with Crippen molar-refractivity contribution in [2.24, 2.45) is 0 Å². The summed E-state index contributed by atoms with van der Waals surface area (Å²) in [5.74, 6) is -0.695. The van der Waals surface area contributed by atoms with Crippen molar-refractivity contribution in [3.05, 3.63) is 58.3 Å². The molecule has 1 fully saturated rings. The van der Waals surface area contributed by atoms with Crippen molar-refractivity contribution in [3.8, 4) is 22.8 Å². The normalized spacial score (nSPS) is 16.2. The number of hydrogen-bond donors (Lipinski definition) is 1. The number of aromatic nitrogens is 3. The van der Waals surface area contributed by atoms with E-state index in [1.54, 1.807) is 13.3 Å². The van der Waals surface area contributed by atoms with Crippen molar-refractivity contribution in [1.82, 2.24) is 15.0 Å². The molecule has 0 spiro atoms. The summed E-state index contributed by atoms with van der Waals surface area (Å²) < 4.78 is 38.7. The van der Waals surface area contributed by atoms with Crippen LogP contribution in [0.5, 0.6) is 11.5 Å². The number of methoxy groups -OCH3 is 1. The van der Waals surface area contributed by atoms with Crippen LogP contribution in [-0.2, 0) is 6.61 Å². The Kier molecular flexibility index (Phi) is 6.38. The second-order valence-electron chi connectivity index (χ2n) is 8.28. The monoisotopic (exact) mass is 461 g/mol. The summed E-state index contributed by atoms with van der Waals surface area (Å²) in [4.78, 5) is 12.1. The molecule has 5 nitrogen and oxygen atoms in total. The third-order valence-corrected chi connectivity index (χ3v) is 6.24. The van der Waals surface area contributed by atoms with Gasteiger partial charge in [0.25, 0.3) is 0 Å². The number of hydrogen-bond acceptors (Lipinski definition) is 4. The fourth-order valence-electron chi connectivity index (χ4n) is 4.08. The molecule has 1 aliphatic carbocycles. The van der Waals surface area contributed by atoms with Gasteiger partial charge < -0.3 is 14.5 Å². The van der Waals surface area contributed by atoms with Gasteiger partial charge in [0, 0.05) is 47.3 Å². The second-order valence-corrected chi connectivity index (χ2v) is 8.66. The number of ether oxygens (including phenoxy) is 2. The number of pyridine rings is 1. The van der Waals surface area contributed by atoms with Crippen molar-refractivity contribution in [2.75, 3.05) is 7.11 Å². The van der Waals surface area contributed by atoms with Crippen molar-refractivity contribution in [2.45, 2.75) is 58.0 Å². The number of imidazole rings is 1. The van der Waals surface area contributed by atoms with Crippen LogP contribution >= 0.6 is 11.6 Å². The lowest BCUT2D eigenvalue weighted by Gasteiger charge is -2.26. The van der Waals surface area contributed by atoms with Gasteiger partial charge in [-0.15, -0.1) is 0 Å². The number of nitrogens with zero attached hydrogens (tertiary/aromatic N) is 2. The van der Waals surface area contributed by atoms with E-state index in [0.29, 0.717) is 47.6 Å². The third kappa shape index (κ3) is 4.72. The van der Waals surface area contributed by atoms with Crippen LogP contribution in [0.1, 0.15) is 54.2 Å². The third-order valence-electron chi connectivity index (χ3n) is 5.96. The lowest BCUT2D eigenvalue weighted by Crippen LogP contribution is -2.24. The van der Waals surface area contributed by atoms with E-state index in [2.05, 4.69) is 15.0 Å². The van der Waals surface area contributed by atoms with E-state index in [9.17, 15) is 8.78 Å². The minimum absolute atomic E-state index is 0.0568. The smallest absolute Gasteiger partial charge is 0.248 e. The Labute approximate surface area is 191 Å². The number of nitrogens with one attached hydrogen (secondary N) is 1. The highest BCUT2D eigenvalue weighted by atomic mass is 35.5. The summed E-state index contributed by atoms with van der Waals surface area (Å²) in [7, 11) is 1.59. The maximum Gasteiger partial charge on any atom is 0.248 e. The summed E-state index contributed by atoms with van der Waals surface area (Å²) in [5.41, 5.74) is 4.02. The molecular formula is C24H26ClF2N3O2. The van der Waals surface area contributed by atoms with Gasteiger partial charge in [-0.2, -0.15) is 0 Å². The summed E-state index contributed by atoms with van der Waals surface area (Å²) in [6.45, 7) is 4.24. The van der Waals surface area contributed by atoms with Crippen LogP contribution in [0.15, 0.2) is 30.5 Å². The van der Waals surface area contributed by atoms with Crippen molar-refractivity contribution >= 4 is 11.6 Å². The predicted molar refractivity (Wildman–Crippen MR) is 120 cm³/mol. The lowest BCUT2D eigenvalue weighted by molar-refractivity contribution is -0.0387. The van der Waals surface area contributed by atoms with Crippen LogP contribution < -0.4 is 9.47 Å². The molecule has 0 bridgehead atoms. The Morgan fingerprint density at radius 1 is 1.16 bits per heavy atom. The van der Waals surface area contributed by atoms with Crippen LogP contribution in [0.3, 0.4) is 0 Å². The fourth-order valence-corrected chi connectivity index (χ4v) is 4.32. The average molecular weight is 462 g/mol. The first-order valence-corrected chi connectivity index (χ1v) is 11.0. The molecule has 3 aromatic rings. The minimum Gasteiger partial charge on any atom is -0.496 e. The van der Waals surface area contributed by atoms with E-state index in [4.69, 9.17) is 21.1 Å². The summed E-state index contributed by atoms with van der Waals surface area (Å²) in [5, 5.41) is 0.370. The van der Waals surface area contributed by atoms with Gasteiger partial charge >= 0.3 is 0 Å². The molecule has 1 aliphatic rings. The summed E-state index contributed by atoms with van der Waals surface area (Å²) in [6, 6.07) is 7.64. The van der Waals surface area contributed by atoms with Crippen LogP contribution in [-0.4, -0.2) is 28.0 Å². The molecule has 0 radical (unpaired) electrons. The molecule has 0 atom stereocenters. The standard InChI is InChI=1S/C24H26ClF2N3O2/c1-14-4-5-16(12-28-14)13-32-19-7-6-18(21(31-3)15(19)2)20-22(25)30-23(29-20)17-8-10-24(26,27)11-9-17/h4-7,12,17H,8-11,13H2,1-3H3,(H,29,30). The van der Waals surface area contributed by atoms with E-state index in [-0.39, 0.29) is 18.8 Å². The molecular weight excluding hydrogens is 436 g/mol. The van der Waals surface area contributed by atoms with Crippen LogP contribution in [0.2, 0.25) is 5.15 Å². The minimum atomic E-state index is -2.58. The molecule has 2 aromatic heterocycles. The number of rotatable bonds is 6. The molecule has 0 aliphatic heterocycles. The van der Waals surface area contributed by atoms with Crippen molar-refractivity contribution in [3.63, 3.8) is 0 Å². The van der Waals surface area contributed by atoms with Gasteiger partial charge in [-0.1, -0.05) is 17.7 Å². The highest BCUT2D eigenvalue weighted by Crippen LogP contribution is 2.43. The molecule has 2 heterocycles. The summed E-state index contributed by atoms with van der Waals surface area (Å²) >= 11 is 6.47. The molecule has 0 unspecified atom stereocenters. The molecule has 1 aromatic carbocycles. The van der Waals surface area contributed by atoms with Gasteiger partial charge in [-0.05, 0) is 44.9 Å². The molecule has 0 saturated heterocycles. The van der Waals surface area contributed by atoms with Gasteiger partial charge in [0.2, 0.25) is 5.92 Å². The second kappa shape index (κ2) is 9.06. The highest BCUT2D eigenvalue weighted by Gasteiger charge is 2.36. The molecule has 8 heteroatoms. The molecule has 32 heavy (non-hydrogen) atoms. The lowest BCUT2D eigenvalue weighted by atomic mass is 9.86. The van der Waals surface area contributed by atoms with Gasteiger partial charge in [-0.3, -0.25) is 4.98 Å². The van der Waals surface area contributed by atoms with E-state index in [1.165, 1.54) is 0 Å². The van der Waals surface area contributed by atoms with E-state index in [0.717, 1.165) is 22.4 Å². The Hall–Kier alpha value is -2.67. The van der Waals surface area contributed by atoms with E-state index >= 15 is 0 Å². The Morgan fingerprint density at radius 2 is 1.91 bits per heavy atom. The van der Waals surface area contributed by atoms with Gasteiger partial charge in [0.05, 0.1) is 7.11 Å². The number of halogens is 3. The largest absolute Gasteiger partial charge is 0.496 e. The van der Waals surface area contributed by atoms with E-state index < -0.39 is 5.92 Å². The zero-order chi connectivity index (χ0) is 22.9. The first kappa shape index (κ1) is 22.5. The van der Waals surface area contributed by atoms with Crippen LogP contribution in [0, 0.1) is 13.8 Å². The summed E-state index contributed by atoms with van der Waals surface area (Å²) in [6.07, 6.45) is 2.30. The van der Waals surface area contributed by atoms with Gasteiger partial charge in [-0.25, -0.2) is 13.8 Å². The quantitative estimate of drug-likeness (QED) is 0.448. The van der Waals surface area contributed by atoms with Crippen molar-refractivity contribution in [1.29, 1.82) is 0 Å². The molecule has 170 valence electrons. The average Bonchev–Trinajstić information content (AvgIpc) is 3.15. The fraction of sp³-hybridized carbons (Fsp3) is 0.417. The zero-order valence-electron chi connectivity index (χ0n) is 18.3. The number of aromatic amines is 1. The topological polar surface area (TPSA) is 60.0 Å².